The molecule has 5 heteroatoms. The Balaban J connectivity index is 1.98. The van der Waals surface area contributed by atoms with Crippen molar-refractivity contribution in [3.63, 3.8) is 0 Å². The van der Waals surface area contributed by atoms with Gasteiger partial charge in [0.15, 0.2) is 0 Å². The Morgan fingerprint density at radius 3 is 3.07 bits per heavy atom. The van der Waals surface area contributed by atoms with Crippen LogP contribution in [0.5, 0.6) is 0 Å². The van der Waals surface area contributed by atoms with Crippen LogP contribution in [-0.2, 0) is 5.75 Å². The molecule has 14 heavy (non-hydrogen) atoms. The Kier molecular flexibility index (Phi) is 3.21. The lowest BCUT2D eigenvalue weighted by Crippen LogP contribution is -1.82. The maximum atomic E-state index is 5.11. The second kappa shape index (κ2) is 4.61. The van der Waals surface area contributed by atoms with E-state index in [0.29, 0.717) is 5.22 Å². The molecule has 2 aromatic rings. The molecule has 0 radical (unpaired) electrons. The van der Waals surface area contributed by atoms with Gasteiger partial charge in [0.1, 0.15) is 6.26 Å². The molecular formula is C9H7BrN2OS. The van der Waals surface area contributed by atoms with Gasteiger partial charge >= 0.3 is 0 Å². The minimum absolute atomic E-state index is 0.685. The number of thioether (sulfide) groups is 1. The summed E-state index contributed by atoms with van der Waals surface area (Å²) >= 11 is 4.92. The Labute approximate surface area is 94.1 Å². The summed E-state index contributed by atoms with van der Waals surface area (Å²) in [5.41, 5.74) is 1.14. The standard InChI is InChI=1S/C9H7BrN2OS/c10-8-3-7(4-11-5-8)6-14-9-12-1-2-13-9/h1-5H,6H2. The second-order valence-electron chi connectivity index (χ2n) is 2.60. The average Bonchev–Trinajstić information content (AvgIpc) is 2.67. The fraction of sp³-hybridized carbons (Fsp3) is 0.111. The van der Waals surface area contributed by atoms with E-state index < -0.39 is 0 Å². The van der Waals surface area contributed by atoms with E-state index in [1.807, 2.05) is 12.3 Å². The van der Waals surface area contributed by atoms with Crippen molar-refractivity contribution in [2.75, 3.05) is 0 Å². The molecule has 72 valence electrons. The molecule has 0 fully saturated rings. The molecule has 3 nitrogen and oxygen atoms in total. The minimum atomic E-state index is 0.685. The molecular weight excluding hydrogens is 264 g/mol. The van der Waals surface area contributed by atoms with Gasteiger partial charge in [0.25, 0.3) is 5.22 Å². The van der Waals surface area contributed by atoms with Crippen LogP contribution < -0.4 is 0 Å². The zero-order valence-electron chi connectivity index (χ0n) is 7.18. The topological polar surface area (TPSA) is 38.9 Å². The third-order valence-corrected chi connectivity index (χ3v) is 2.89. The first kappa shape index (κ1) is 9.73. The number of oxazole rings is 1. The van der Waals surface area contributed by atoms with Crippen molar-refractivity contribution in [1.82, 2.24) is 9.97 Å². The van der Waals surface area contributed by atoms with Gasteiger partial charge in [0.2, 0.25) is 0 Å². The van der Waals surface area contributed by atoms with Crippen molar-refractivity contribution < 1.29 is 4.42 Å². The Hall–Kier alpha value is -0.810. The van der Waals surface area contributed by atoms with E-state index in [1.165, 1.54) is 0 Å². The van der Waals surface area contributed by atoms with Crippen molar-refractivity contribution in [2.24, 2.45) is 0 Å². The number of halogens is 1. The van der Waals surface area contributed by atoms with Crippen LogP contribution in [0.3, 0.4) is 0 Å². The largest absolute Gasteiger partial charge is 0.440 e. The summed E-state index contributed by atoms with van der Waals surface area (Å²) in [5.74, 6) is 0.812. The van der Waals surface area contributed by atoms with Crippen molar-refractivity contribution in [1.29, 1.82) is 0 Å². The third kappa shape index (κ3) is 2.59. The van der Waals surface area contributed by atoms with Gasteiger partial charge in [0, 0.05) is 22.6 Å². The zero-order chi connectivity index (χ0) is 9.80. The molecule has 0 aliphatic heterocycles. The van der Waals surface area contributed by atoms with Crippen molar-refractivity contribution >= 4 is 27.7 Å². The maximum absolute atomic E-state index is 5.11. The summed E-state index contributed by atoms with van der Waals surface area (Å²) in [6, 6.07) is 2.03. The number of pyridine rings is 1. The van der Waals surface area contributed by atoms with Crippen molar-refractivity contribution in [3.05, 3.63) is 41.0 Å². The van der Waals surface area contributed by atoms with E-state index in [-0.39, 0.29) is 0 Å². The molecule has 0 atom stereocenters. The van der Waals surface area contributed by atoms with Crippen LogP contribution in [0.2, 0.25) is 0 Å². The first-order chi connectivity index (χ1) is 6.84. The zero-order valence-corrected chi connectivity index (χ0v) is 9.59. The van der Waals surface area contributed by atoms with Gasteiger partial charge < -0.3 is 4.42 Å². The summed E-state index contributed by atoms with van der Waals surface area (Å²) < 4.78 is 6.09. The Morgan fingerprint density at radius 2 is 2.36 bits per heavy atom. The van der Waals surface area contributed by atoms with E-state index in [1.54, 1.807) is 30.4 Å². The fourth-order valence-electron chi connectivity index (χ4n) is 0.962. The molecule has 2 aromatic heterocycles. The smallest absolute Gasteiger partial charge is 0.255 e. The average molecular weight is 271 g/mol. The summed E-state index contributed by atoms with van der Waals surface area (Å²) in [6.45, 7) is 0. The minimum Gasteiger partial charge on any atom is -0.440 e. The van der Waals surface area contributed by atoms with Gasteiger partial charge in [-0.25, -0.2) is 4.98 Å². The van der Waals surface area contributed by atoms with Crippen LogP contribution in [0.4, 0.5) is 0 Å². The SMILES string of the molecule is Brc1cncc(CSc2ncco2)c1. The van der Waals surface area contributed by atoms with Gasteiger partial charge in [-0.05, 0) is 27.6 Å². The van der Waals surface area contributed by atoms with Crippen LogP contribution >= 0.6 is 27.7 Å². The van der Waals surface area contributed by atoms with Gasteiger partial charge in [0.05, 0.1) is 6.20 Å². The maximum Gasteiger partial charge on any atom is 0.255 e. The molecule has 0 saturated carbocycles. The summed E-state index contributed by atoms with van der Waals surface area (Å²) in [5, 5.41) is 0.685. The molecule has 0 unspecified atom stereocenters. The molecule has 0 spiro atoms. The highest BCUT2D eigenvalue weighted by Crippen LogP contribution is 2.21. The fourth-order valence-corrected chi connectivity index (χ4v) is 2.08. The second-order valence-corrected chi connectivity index (χ2v) is 4.44. The van der Waals surface area contributed by atoms with Crippen LogP contribution in [-0.4, -0.2) is 9.97 Å². The van der Waals surface area contributed by atoms with Gasteiger partial charge in [-0.15, -0.1) is 0 Å². The van der Waals surface area contributed by atoms with E-state index in [0.717, 1.165) is 15.8 Å². The summed E-state index contributed by atoms with van der Waals surface area (Å²) in [4.78, 5) is 8.09. The molecule has 0 amide bonds. The predicted molar refractivity (Wildman–Crippen MR) is 58.0 cm³/mol. The summed E-state index contributed by atoms with van der Waals surface area (Å²) in [7, 11) is 0. The first-order valence-corrected chi connectivity index (χ1v) is 5.74. The van der Waals surface area contributed by atoms with Gasteiger partial charge in [-0.1, -0.05) is 11.8 Å². The predicted octanol–water partition coefficient (Wildman–Crippen LogP) is 3.12. The molecule has 0 aliphatic carbocycles. The lowest BCUT2D eigenvalue weighted by molar-refractivity contribution is 0.454. The molecule has 0 aliphatic rings. The monoisotopic (exact) mass is 270 g/mol. The third-order valence-electron chi connectivity index (χ3n) is 1.53. The lowest BCUT2D eigenvalue weighted by Gasteiger charge is -1.97. The molecule has 0 bridgehead atoms. The van der Waals surface area contributed by atoms with E-state index >= 15 is 0 Å². The van der Waals surface area contributed by atoms with Crippen LogP contribution in [0.25, 0.3) is 0 Å². The van der Waals surface area contributed by atoms with E-state index in [9.17, 15) is 0 Å². The number of rotatable bonds is 3. The summed E-state index contributed by atoms with van der Waals surface area (Å²) in [6.07, 6.45) is 6.81. The number of hydrogen-bond acceptors (Lipinski definition) is 4. The van der Waals surface area contributed by atoms with Gasteiger partial charge in [-0.2, -0.15) is 0 Å². The van der Waals surface area contributed by atoms with E-state index in [2.05, 4.69) is 25.9 Å². The van der Waals surface area contributed by atoms with Crippen LogP contribution in [0.1, 0.15) is 5.56 Å². The van der Waals surface area contributed by atoms with Crippen LogP contribution in [0, 0.1) is 0 Å². The molecule has 2 heterocycles. The number of aromatic nitrogens is 2. The van der Waals surface area contributed by atoms with Gasteiger partial charge in [-0.3, -0.25) is 4.98 Å². The number of nitrogens with zero attached hydrogens (tertiary/aromatic N) is 2. The van der Waals surface area contributed by atoms with Crippen molar-refractivity contribution in [3.8, 4) is 0 Å². The molecule has 0 saturated heterocycles. The quantitative estimate of drug-likeness (QED) is 0.804. The Bertz CT molecular complexity index is 405. The highest BCUT2D eigenvalue weighted by Gasteiger charge is 2.00. The molecule has 2 rings (SSSR count). The highest BCUT2D eigenvalue weighted by molar-refractivity contribution is 9.10. The van der Waals surface area contributed by atoms with Crippen molar-refractivity contribution in [2.45, 2.75) is 11.0 Å². The van der Waals surface area contributed by atoms with E-state index in [4.69, 9.17) is 4.42 Å². The molecule has 0 N–H and O–H groups in total. The Morgan fingerprint density at radius 1 is 1.43 bits per heavy atom. The highest BCUT2D eigenvalue weighted by atomic mass is 79.9. The first-order valence-electron chi connectivity index (χ1n) is 3.96. The normalized spacial score (nSPS) is 10.4. The number of hydrogen-bond donors (Lipinski definition) is 0. The lowest BCUT2D eigenvalue weighted by atomic mass is 10.3. The van der Waals surface area contributed by atoms with Crippen LogP contribution in [0.15, 0.2) is 45.0 Å². The molecule has 0 aromatic carbocycles.